The predicted octanol–water partition coefficient (Wildman–Crippen LogP) is 4.10. The number of carbonyl (C=O) groups is 1. The third kappa shape index (κ3) is 3.86. The highest BCUT2D eigenvalue weighted by Gasteiger charge is 2.24. The van der Waals surface area contributed by atoms with Crippen LogP contribution in [0.4, 0.5) is 0 Å². The molecule has 0 aromatic carbocycles. The van der Waals surface area contributed by atoms with Gasteiger partial charge in [0.2, 0.25) is 0 Å². The molecular weight excluding hydrogens is 438 g/mol. The van der Waals surface area contributed by atoms with Crippen molar-refractivity contribution in [2.45, 2.75) is 33.4 Å². The van der Waals surface area contributed by atoms with Crippen LogP contribution in [-0.2, 0) is 6.54 Å². The molecule has 0 spiro atoms. The third-order valence-electron chi connectivity index (χ3n) is 5.15. The van der Waals surface area contributed by atoms with Crippen LogP contribution in [0.25, 0.3) is 11.0 Å². The number of carbonyl (C=O) groups excluding carboxylic acids is 1. The van der Waals surface area contributed by atoms with E-state index in [4.69, 9.17) is 0 Å². The Kier molecular flexibility index (Phi) is 5.53. The number of rotatable bonds is 4. The quantitative estimate of drug-likeness (QED) is 0.586. The van der Waals surface area contributed by atoms with Gasteiger partial charge in [0, 0.05) is 49.0 Å². The fourth-order valence-electron chi connectivity index (χ4n) is 3.60. The van der Waals surface area contributed by atoms with E-state index in [-0.39, 0.29) is 11.9 Å². The highest BCUT2D eigenvalue weighted by Crippen LogP contribution is 2.24. The summed E-state index contributed by atoms with van der Waals surface area (Å²) in [7, 11) is 0. The zero-order valence-corrected chi connectivity index (χ0v) is 18.8. The molecule has 1 amide bonds. The van der Waals surface area contributed by atoms with Gasteiger partial charge in [-0.05, 0) is 54.9 Å². The van der Waals surface area contributed by atoms with Gasteiger partial charge in [0.15, 0.2) is 5.65 Å². The van der Waals surface area contributed by atoms with Crippen molar-refractivity contribution in [2.24, 2.45) is 0 Å². The zero-order chi connectivity index (χ0) is 19.8. The average molecular weight is 462 g/mol. The summed E-state index contributed by atoms with van der Waals surface area (Å²) in [6.07, 6.45) is 1.80. The second-order valence-corrected chi connectivity index (χ2v) is 10.0. The number of thiophene rings is 1. The van der Waals surface area contributed by atoms with Crippen molar-refractivity contribution in [3.05, 3.63) is 44.3 Å². The van der Waals surface area contributed by atoms with Gasteiger partial charge in [-0.2, -0.15) is 5.10 Å². The normalized spacial score (nSPS) is 15.7. The van der Waals surface area contributed by atoms with Crippen LogP contribution in [0.1, 0.15) is 40.8 Å². The maximum absolute atomic E-state index is 13.1. The van der Waals surface area contributed by atoms with Crippen molar-refractivity contribution in [3.63, 3.8) is 0 Å². The second kappa shape index (κ2) is 7.93. The lowest BCUT2D eigenvalue weighted by Gasteiger charge is -2.34. The molecular formula is C20H24BrN5OS. The highest BCUT2D eigenvalue weighted by atomic mass is 79.9. The molecule has 3 aromatic heterocycles. The molecule has 0 bridgehead atoms. The Balaban J connectivity index is 1.45. The Bertz CT molecular complexity index is 1000. The predicted molar refractivity (Wildman–Crippen MR) is 116 cm³/mol. The molecule has 0 unspecified atom stereocenters. The summed E-state index contributed by atoms with van der Waals surface area (Å²) in [5.74, 6) is 0.0720. The van der Waals surface area contributed by atoms with Crippen molar-refractivity contribution in [1.82, 2.24) is 24.6 Å². The molecule has 6 nitrogen and oxygen atoms in total. The molecule has 0 N–H and O–H groups in total. The van der Waals surface area contributed by atoms with Crippen LogP contribution < -0.4 is 0 Å². The fourth-order valence-corrected chi connectivity index (χ4v) is 5.12. The topological polar surface area (TPSA) is 54.3 Å². The third-order valence-corrected chi connectivity index (χ3v) is 6.76. The molecule has 8 heteroatoms. The Labute approximate surface area is 177 Å². The molecule has 4 rings (SSSR count). The maximum Gasteiger partial charge on any atom is 0.255 e. The monoisotopic (exact) mass is 461 g/mol. The molecule has 0 aliphatic carbocycles. The van der Waals surface area contributed by atoms with E-state index in [9.17, 15) is 4.79 Å². The van der Waals surface area contributed by atoms with Crippen LogP contribution in [-0.4, -0.2) is 56.7 Å². The van der Waals surface area contributed by atoms with Gasteiger partial charge in [0.1, 0.15) is 0 Å². The average Bonchev–Trinajstić information content (AvgIpc) is 3.26. The molecule has 148 valence electrons. The standard InChI is InChI=1S/C20H24BrN5OS/c1-13(2)26-19-15(11-22-26)10-17(14(3)23-19)20(27)25-8-6-24(7-9-25)12-16-4-5-18(21)28-16/h4-5,10-11,13H,6-9,12H2,1-3H3. The number of nitrogens with zero attached hydrogens (tertiary/aromatic N) is 5. The van der Waals surface area contributed by atoms with Gasteiger partial charge < -0.3 is 4.90 Å². The van der Waals surface area contributed by atoms with E-state index >= 15 is 0 Å². The molecule has 4 heterocycles. The van der Waals surface area contributed by atoms with Gasteiger partial charge >= 0.3 is 0 Å². The number of fused-ring (bicyclic) bond motifs is 1. The second-order valence-electron chi connectivity index (χ2n) is 7.49. The molecule has 3 aromatic rings. The van der Waals surface area contributed by atoms with E-state index in [0.29, 0.717) is 5.56 Å². The molecule has 1 aliphatic heterocycles. The number of hydrogen-bond donors (Lipinski definition) is 0. The molecule has 0 saturated carbocycles. The summed E-state index contributed by atoms with van der Waals surface area (Å²) in [6.45, 7) is 10.3. The van der Waals surface area contributed by atoms with Crippen LogP contribution in [0.2, 0.25) is 0 Å². The summed E-state index contributed by atoms with van der Waals surface area (Å²) in [6, 6.07) is 6.44. The van der Waals surface area contributed by atoms with Crippen LogP contribution >= 0.6 is 27.3 Å². The van der Waals surface area contributed by atoms with E-state index in [2.05, 4.69) is 56.9 Å². The van der Waals surface area contributed by atoms with Gasteiger partial charge in [0.25, 0.3) is 5.91 Å². The summed E-state index contributed by atoms with van der Waals surface area (Å²) in [4.78, 5) is 23.5. The number of halogens is 1. The van der Waals surface area contributed by atoms with Crippen LogP contribution in [0, 0.1) is 6.92 Å². The first-order valence-electron chi connectivity index (χ1n) is 9.53. The summed E-state index contributed by atoms with van der Waals surface area (Å²) >= 11 is 5.29. The number of piperazine rings is 1. The minimum Gasteiger partial charge on any atom is -0.336 e. The van der Waals surface area contributed by atoms with Gasteiger partial charge in [0.05, 0.1) is 21.2 Å². The van der Waals surface area contributed by atoms with E-state index in [1.165, 1.54) is 4.88 Å². The highest BCUT2D eigenvalue weighted by molar-refractivity contribution is 9.11. The van der Waals surface area contributed by atoms with Crippen LogP contribution in [0.3, 0.4) is 0 Å². The number of pyridine rings is 1. The molecule has 28 heavy (non-hydrogen) atoms. The summed E-state index contributed by atoms with van der Waals surface area (Å²) in [5, 5.41) is 5.34. The Morgan fingerprint density at radius 3 is 2.64 bits per heavy atom. The SMILES string of the molecule is Cc1nc2c(cnn2C(C)C)cc1C(=O)N1CCN(Cc2ccc(Br)s2)CC1. The van der Waals surface area contributed by atoms with Crippen molar-refractivity contribution in [2.75, 3.05) is 26.2 Å². The minimum atomic E-state index is 0.0720. The van der Waals surface area contributed by atoms with Crippen molar-refractivity contribution in [1.29, 1.82) is 0 Å². The largest absolute Gasteiger partial charge is 0.336 e. The Hall–Kier alpha value is -1.77. The Morgan fingerprint density at radius 1 is 1.25 bits per heavy atom. The fraction of sp³-hybridized carbons (Fsp3) is 0.450. The summed E-state index contributed by atoms with van der Waals surface area (Å²) in [5.41, 5.74) is 2.30. The van der Waals surface area contributed by atoms with Crippen molar-refractivity contribution in [3.8, 4) is 0 Å². The first-order chi connectivity index (χ1) is 13.4. The minimum absolute atomic E-state index is 0.0720. The van der Waals surface area contributed by atoms with Gasteiger partial charge in [-0.3, -0.25) is 9.69 Å². The molecule has 0 atom stereocenters. The molecule has 1 aliphatic rings. The number of aromatic nitrogens is 3. The van der Waals surface area contributed by atoms with Crippen molar-refractivity contribution >= 4 is 44.2 Å². The van der Waals surface area contributed by atoms with E-state index < -0.39 is 0 Å². The molecule has 1 saturated heterocycles. The summed E-state index contributed by atoms with van der Waals surface area (Å²) < 4.78 is 3.06. The molecule has 1 fully saturated rings. The lowest BCUT2D eigenvalue weighted by molar-refractivity contribution is 0.0628. The van der Waals surface area contributed by atoms with Gasteiger partial charge in [-0.25, -0.2) is 9.67 Å². The Morgan fingerprint density at radius 2 is 2.00 bits per heavy atom. The van der Waals surface area contributed by atoms with E-state index in [0.717, 1.165) is 53.2 Å². The van der Waals surface area contributed by atoms with E-state index in [1.54, 1.807) is 17.5 Å². The van der Waals surface area contributed by atoms with Gasteiger partial charge in [-0.15, -0.1) is 11.3 Å². The van der Waals surface area contributed by atoms with E-state index in [1.807, 2.05) is 22.6 Å². The van der Waals surface area contributed by atoms with Crippen molar-refractivity contribution < 1.29 is 4.79 Å². The maximum atomic E-state index is 13.1. The lowest BCUT2D eigenvalue weighted by atomic mass is 10.1. The first-order valence-corrected chi connectivity index (χ1v) is 11.1. The number of amides is 1. The first kappa shape index (κ1) is 19.5. The zero-order valence-electron chi connectivity index (χ0n) is 16.4. The van der Waals surface area contributed by atoms with Crippen LogP contribution in [0.15, 0.2) is 28.2 Å². The van der Waals surface area contributed by atoms with Crippen LogP contribution in [0.5, 0.6) is 0 Å². The number of aryl methyl sites for hydroxylation is 1. The smallest absolute Gasteiger partial charge is 0.255 e. The van der Waals surface area contributed by atoms with Gasteiger partial charge in [-0.1, -0.05) is 0 Å². The lowest BCUT2D eigenvalue weighted by Crippen LogP contribution is -2.48. The molecule has 0 radical (unpaired) electrons. The number of hydrogen-bond acceptors (Lipinski definition) is 5.